The van der Waals surface area contributed by atoms with Crippen LogP contribution < -0.4 is 5.32 Å². The van der Waals surface area contributed by atoms with E-state index in [1.807, 2.05) is 6.92 Å². The van der Waals surface area contributed by atoms with Crippen LogP contribution in [0.3, 0.4) is 0 Å². The number of rotatable bonds is 5. The molecule has 0 aromatic heterocycles. The van der Waals surface area contributed by atoms with Crippen molar-refractivity contribution in [2.75, 3.05) is 6.54 Å². The Labute approximate surface area is 102 Å². The van der Waals surface area contributed by atoms with Gasteiger partial charge in [-0.1, -0.05) is 13.0 Å². The summed E-state index contributed by atoms with van der Waals surface area (Å²) in [5.74, 6) is 0.476. The molecule has 0 radical (unpaired) electrons. The molecule has 1 heterocycles. The normalized spacial score (nSPS) is 29.1. The topological polar surface area (TPSA) is 49.4 Å². The molecule has 1 saturated heterocycles. The Balaban J connectivity index is 2.12. The van der Waals surface area contributed by atoms with Gasteiger partial charge in [0.2, 0.25) is 11.8 Å². The van der Waals surface area contributed by atoms with Crippen LogP contribution in [0.2, 0.25) is 0 Å². The molecule has 94 valence electrons. The highest BCUT2D eigenvalue weighted by atomic mass is 16.2. The Morgan fingerprint density at radius 3 is 2.71 bits per heavy atom. The Morgan fingerprint density at radius 1 is 1.47 bits per heavy atom. The monoisotopic (exact) mass is 236 g/mol. The van der Waals surface area contributed by atoms with E-state index in [1.54, 1.807) is 11.0 Å². The van der Waals surface area contributed by atoms with E-state index in [9.17, 15) is 9.59 Å². The van der Waals surface area contributed by atoms with Gasteiger partial charge >= 0.3 is 0 Å². The van der Waals surface area contributed by atoms with Crippen LogP contribution in [0.25, 0.3) is 0 Å². The van der Waals surface area contributed by atoms with Crippen molar-refractivity contribution in [3.05, 3.63) is 12.7 Å². The zero-order valence-electron chi connectivity index (χ0n) is 10.3. The van der Waals surface area contributed by atoms with E-state index in [-0.39, 0.29) is 23.9 Å². The molecule has 2 fully saturated rings. The molecule has 2 atom stereocenters. The fourth-order valence-corrected chi connectivity index (χ4v) is 2.44. The van der Waals surface area contributed by atoms with Crippen LogP contribution in [0.1, 0.15) is 32.6 Å². The van der Waals surface area contributed by atoms with Gasteiger partial charge in [0, 0.05) is 6.54 Å². The molecular weight excluding hydrogens is 216 g/mol. The zero-order chi connectivity index (χ0) is 12.4. The molecule has 2 amide bonds. The number of hydrogen-bond acceptors (Lipinski definition) is 2. The van der Waals surface area contributed by atoms with E-state index in [0.717, 1.165) is 19.3 Å². The zero-order valence-corrected chi connectivity index (χ0v) is 10.3. The highest BCUT2D eigenvalue weighted by molar-refractivity contribution is 5.97. The minimum atomic E-state index is -0.294. The molecule has 17 heavy (non-hydrogen) atoms. The average molecular weight is 236 g/mol. The van der Waals surface area contributed by atoms with Gasteiger partial charge in [0.1, 0.15) is 12.1 Å². The molecule has 1 N–H and O–H groups in total. The highest BCUT2D eigenvalue weighted by Crippen LogP contribution is 2.35. The summed E-state index contributed by atoms with van der Waals surface area (Å²) in [5, 5.41) is 2.88. The van der Waals surface area contributed by atoms with E-state index < -0.39 is 0 Å². The molecule has 0 spiro atoms. The number of piperazine rings is 1. The Morgan fingerprint density at radius 2 is 2.18 bits per heavy atom. The third-order valence-electron chi connectivity index (χ3n) is 3.58. The second kappa shape index (κ2) is 4.90. The van der Waals surface area contributed by atoms with Crippen LogP contribution in [0.5, 0.6) is 0 Å². The number of carbonyl (C=O) groups excluding carboxylic acids is 2. The standard InChI is InChI=1S/C13H20N2O2/c1-3-5-8-15-10(4-2)12(16)14-11(13(15)17)9-6-7-9/h3,9-11H,1,4-8H2,2H3,(H,14,16). The van der Waals surface area contributed by atoms with Crippen molar-refractivity contribution >= 4 is 11.8 Å². The quantitative estimate of drug-likeness (QED) is 0.726. The molecule has 0 aromatic rings. The molecule has 4 nitrogen and oxygen atoms in total. The van der Waals surface area contributed by atoms with E-state index in [1.165, 1.54) is 0 Å². The molecule has 2 aliphatic rings. The lowest BCUT2D eigenvalue weighted by Gasteiger charge is -2.38. The minimum absolute atomic E-state index is 0.00747. The fraction of sp³-hybridized carbons (Fsp3) is 0.692. The number of nitrogens with one attached hydrogen (secondary N) is 1. The SMILES string of the molecule is C=CCCN1C(=O)C(C2CC2)NC(=O)C1CC. The second-order valence-electron chi connectivity index (χ2n) is 4.86. The van der Waals surface area contributed by atoms with Crippen LogP contribution in [-0.2, 0) is 9.59 Å². The van der Waals surface area contributed by atoms with Gasteiger partial charge in [0.05, 0.1) is 0 Å². The van der Waals surface area contributed by atoms with Crippen molar-refractivity contribution in [3.63, 3.8) is 0 Å². The maximum Gasteiger partial charge on any atom is 0.246 e. The van der Waals surface area contributed by atoms with Gasteiger partial charge < -0.3 is 10.2 Å². The molecule has 1 saturated carbocycles. The summed E-state index contributed by atoms with van der Waals surface area (Å²) >= 11 is 0. The van der Waals surface area contributed by atoms with Crippen LogP contribution in [-0.4, -0.2) is 35.3 Å². The largest absolute Gasteiger partial charge is 0.342 e. The lowest BCUT2D eigenvalue weighted by Crippen LogP contribution is -2.63. The van der Waals surface area contributed by atoms with E-state index >= 15 is 0 Å². The Bertz CT molecular complexity index is 336. The lowest BCUT2D eigenvalue weighted by molar-refractivity contribution is -0.150. The molecule has 1 aliphatic heterocycles. The average Bonchev–Trinajstić information content (AvgIpc) is 3.13. The molecule has 1 aliphatic carbocycles. The highest BCUT2D eigenvalue weighted by Gasteiger charge is 2.45. The lowest BCUT2D eigenvalue weighted by atomic mass is 10.0. The van der Waals surface area contributed by atoms with Crippen molar-refractivity contribution in [3.8, 4) is 0 Å². The first-order chi connectivity index (χ1) is 8.19. The fourth-order valence-electron chi connectivity index (χ4n) is 2.44. The van der Waals surface area contributed by atoms with Crippen molar-refractivity contribution in [2.45, 2.75) is 44.7 Å². The van der Waals surface area contributed by atoms with Gasteiger partial charge in [-0.3, -0.25) is 9.59 Å². The van der Waals surface area contributed by atoms with Crippen LogP contribution in [0.15, 0.2) is 12.7 Å². The van der Waals surface area contributed by atoms with Crippen molar-refractivity contribution in [1.29, 1.82) is 0 Å². The van der Waals surface area contributed by atoms with Crippen molar-refractivity contribution in [1.82, 2.24) is 10.2 Å². The first-order valence-electron chi connectivity index (χ1n) is 6.40. The predicted molar refractivity (Wildman–Crippen MR) is 65.3 cm³/mol. The molecular formula is C13H20N2O2. The second-order valence-corrected chi connectivity index (χ2v) is 4.86. The van der Waals surface area contributed by atoms with Crippen LogP contribution in [0, 0.1) is 5.92 Å². The summed E-state index contributed by atoms with van der Waals surface area (Å²) in [6.45, 7) is 6.22. The van der Waals surface area contributed by atoms with E-state index in [2.05, 4.69) is 11.9 Å². The maximum absolute atomic E-state index is 12.3. The minimum Gasteiger partial charge on any atom is -0.342 e. The van der Waals surface area contributed by atoms with Gasteiger partial charge in [-0.2, -0.15) is 0 Å². The summed E-state index contributed by atoms with van der Waals surface area (Å²) in [6.07, 6.45) is 5.32. The van der Waals surface area contributed by atoms with Crippen molar-refractivity contribution in [2.24, 2.45) is 5.92 Å². The number of amides is 2. The summed E-state index contributed by atoms with van der Waals surface area (Å²) in [7, 11) is 0. The van der Waals surface area contributed by atoms with Crippen LogP contribution in [0.4, 0.5) is 0 Å². The predicted octanol–water partition coefficient (Wildman–Crippen LogP) is 1.08. The summed E-state index contributed by atoms with van der Waals surface area (Å²) in [6, 6.07) is -0.562. The number of nitrogens with zero attached hydrogens (tertiary/aromatic N) is 1. The number of carbonyl (C=O) groups is 2. The van der Waals surface area contributed by atoms with Gasteiger partial charge in [0.15, 0.2) is 0 Å². The summed E-state index contributed by atoms with van der Waals surface area (Å²) in [5.41, 5.74) is 0. The third-order valence-corrected chi connectivity index (χ3v) is 3.58. The van der Waals surface area contributed by atoms with E-state index in [0.29, 0.717) is 18.9 Å². The summed E-state index contributed by atoms with van der Waals surface area (Å²) < 4.78 is 0. The summed E-state index contributed by atoms with van der Waals surface area (Å²) in [4.78, 5) is 26.0. The van der Waals surface area contributed by atoms with Gasteiger partial charge in [-0.15, -0.1) is 6.58 Å². The van der Waals surface area contributed by atoms with Gasteiger partial charge in [-0.25, -0.2) is 0 Å². The molecule has 0 aromatic carbocycles. The number of hydrogen-bond donors (Lipinski definition) is 1. The Hall–Kier alpha value is -1.32. The van der Waals surface area contributed by atoms with Crippen molar-refractivity contribution < 1.29 is 9.59 Å². The van der Waals surface area contributed by atoms with Crippen LogP contribution >= 0.6 is 0 Å². The molecule has 4 heteroatoms. The molecule has 2 unspecified atom stereocenters. The van der Waals surface area contributed by atoms with E-state index in [4.69, 9.17) is 0 Å². The van der Waals surface area contributed by atoms with Gasteiger partial charge in [0.25, 0.3) is 0 Å². The first-order valence-corrected chi connectivity index (χ1v) is 6.40. The first kappa shape index (κ1) is 12.1. The molecule has 0 bridgehead atoms. The maximum atomic E-state index is 12.3. The Kier molecular flexibility index (Phi) is 3.50. The molecule has 2 rings (SSSR count). The third kappa shape index (κ3) is 2.35. The smallest absolute Gasteiger partial charge is 0.246 e. The van der Waals surface area contributed by atoms with Gasteiger partial charge in [-0.05, 0) is 31.6 Å².